The molecule has 2 amide bonds. The number of benzene rings is 2. The molecule has 0 saturated carbocycles. The highest BCUT2D eigenvalue weighted by Crippen LogP contribution is 2.14. The Morgan fingerprint density at radius 3 is 2.66 bits per heavy atom. The van der Waals surface area contributed by atoms with Crippen molar-refractivity contribution < 1.29 is 14.0 Å². The van der Waals surface area contributed by atoms with Gasteiger partial charge in [0, 0.05) is 30.7 Å². The Morgan fingerprint density at radius 2 is 1.93 bits per heavy atom. The first kappa shape index (κ1) is 20.0. The maximum Gasteiger partial charge on any atom is 0.246 e. The SMILES string of the molecule is C/C(=C\C(=O)NCc1cccc(NC(=O)Cn2cccn2)c1)c1ccc(F)cc1. The molecule has 0 bridgehead atoms. The maximum absolute atomic E-state index is 13.0. The average molecular weight is 392 g/mol. The fraction of sp³-hybridized carbons (Fsp3) is 0.136. The molecular weight excluding hydrogens is 371 g/mol. The van der Waals surface area contributed by atoms with Crippen LogP contribution in [0.15, 0.2) is 73.1 Å². The molecule has 0 aliphatic carbocycles. The highest BCUT2D eigenvalue weighted by Gasteiger charge is 2.06. The van der Waals surface area contributed by atoms with Gasteiger partial charge in [-0.25, -0.2) is 4.39 Å². The minimum Gasteiger partial charge on any atom is -0.348 e. The molecule has 29 heavy (non-hydrogen) atoms. The zero-order valence-electron chi connectivity index (χ0n) is 15.9. The van der Waals surface area contributed by atoms with Crippen LogP contribution in [0, 0.1) is 5.82 Å². The van der Waals surface area contributed by atoms with Crippen LogP contribution in [0.3, 0.4) is 0 Å². The van der Waals surface area contributed by atoms with Crippen molar-refractivity contribution in [1.82, 2.24) is 15.1 Å². The standard InChI is InChI=1S/C22H21FN4O2/c1-16(18-6-8-19(23)9-7-18)12-21(28)24-14-17-4-2-5-20(13-17)26-22(29)15-27-11-3-10-25-27/h2-13H,14-15H2,1H3,(H,24,28)(H,26,29)/b16-12+. The van der Waals surface area contributed by atoms with E-state index >= 15 is 0 Å². The number of nitrogens with zero attached hydrogens (tertiary/aromatic N) is 2. The summed E-state index contributed by atoms with van der Waals surface area (Å²) < 4.78 is 14.5. The van der Waals surface area contributed by atoms with Crippen molar-refractivity contribution >= 4 is 23.1 Å². The van der Waals surface area contributed by atoms with Gasteiger partial charge in [0.2, 0.25) is 11.8 Å². The minimum absolute atomic E-state index is 0.126. The molecule has 0 saturated heterocycles. The zero-order chi connectivity index (χ0) is 20.6. The first-order chi connectivity index (χ1) is 14.0. The molecule has 0 atom stereocenters. The first-order valence-corrected chi connectivity index (χ1v) is 9.08. The van der Waals surface area contributed by atoms with Crippen LogP contribution in [0.25, 0.3) is 5.57 Å². The Hall–Kier alpha value is -3.74. The van der Waals surface area contributed by atoms with Crippen LogP contribution >= 0.6 is 0 Å². The molecule has 7 heteroatoms. The van der Waals surface area contributed by atoms with E-state index < -0.39 is 0 Å². The van der Waals surface area contributed by atoms with Crippen molar-refractivity contribution in [3.05, 3.63) is 90.0 Å². The Balaban J connectivity index is 1.54. The number of hydrogen-bond donors (Lipinski definition) is 2. The van der Waals surface area contributed by atoms with Gasteiger partial charge in [0.05, 0.1) is 0 Å². The third-order valence-corrected chi connectivity index (χ3v) is 4.19. The number of carbonyl (C=O) groups excluding carboxylic acids is 2. The van der Waals surface area contributed by atoms with Crippen LogP contribution in [-0.2, 0) is 22.7 Å². The van der Waals surface area contributed by atoms with E-state index in [9.17, 15) is 14.0 Å². The average Bonchev–Trinajstić information content (AvgIpc) is 3.20. The summed E-state index contributed by atoms with van der Waals surface area (Å²) in [6.07, 6.45) is 4.80. The predicted molar refractivity (Wildman–Crippen MR) is 109 cm³/mol. The van der Waals surface area contributed by atoms with Gasteiger partial charge in [-0.2, -0.15) is 5.10 Å². The van der Waals surface area contributed by atoms with Gasteiger partial charge in [-0.15, -0.1) is 0 Å². The molecule has 1 heterocycles. The van der Waals surface area contributed by atoms with Crippen molar-refractivity contribution in [2.45, 2.75) is 20.0 Å². The van der Waals surface area contributed by atoms with Crippen LogP contribution < -0.4 is 10.6 Å². The van der Waals surface area contributed by atoms with Crippen LogP contribution in [0.1, 0.15) is 18.1 Å². The van der Waals surface area contributed by atoms with E-state index in [4.69, 9.17) is 0 Å². The smallest absolute Gasteiger partial charge is 0.246 e. The second-order valence-corrected chi connectivity index (χ2v) is 6.50. The lowest BCUT2D eigenvalue weighted by Gasteiger charge is -2.09. The van der Waals surface area contributed by atoms with E-state index in [2.05, 4.69) is 15.7 Å². The monoisotopic (exact) mass is 392 g/mol. The van der Waals surface area contributed by atoms with E-state index in [1.807, 2.05) is 12.1 Å². The summed E-state index contributed by atoms with van der Waals surface area (Å²) in [4.78, 5) is 24.2. The molecule has 3 aromatic rings. The van der Waals surface area contributed by atoms with Crippen molar-refractivity contribution in [2.75, 3.05) is 5.32 Å². The molecule has 148 valence electrons. The fourth-order valence-electron chi connectivity index (χ4n) is 2.73. The van der Waals surface area contributed by atoms with Crippen LogP contribution in [0.4, 0.5) is 10.1 Å². The number of carbonyl (C=O) groups is 2. The van der Waals surface area contributed by atoms with Crippen LogP contribution in [0.5, 0.6) is 0 Å². The second kappa shape index (κ2) is 9.45. The number of halogens is 1. The van der Waals surface area contributed by atoms with Crippen molar-refractivity contribution in [2.24, 2.45) is 0 Å². The first-order valence-electron chi connectivity index (χ1n) is 9.08. The molecule has 2 N–H and O–H groups in total. The highest BCUT2D eigenvalue weighted by atomic mass is 19.1. The van der Waals surface area contributed by atoms with Crippen molar-refractivity contribution in [1.29, 1.82) is 0 Å². The van der Waals surface area contributed by atoms with Gasteiger partial charge in [0.15, 0.2) is 0 Å². The summed E-state index contributed by atoms with van der Waals surface area (Å²) in [5.41, 5.74) is 3.01. The fourth-order valence-corrected chi connectivity index (χ4v) is 2.73. The Kier molecular flexibility index (Phi) is 6.52. The van der Waals surface area contributed by atoms with Crippen molar-refractivity contribution in [3.8, 4) is 0 Å². The second-order valence-electron chi connectivity index (χ2n) is 6.50. The number of amides is 2. The summed E-state index contributed by atoms with van der Waals surface area (Å²) in [7, 11) is 0. The number of nitrogens with one attached hydrogen (secondary N) is 2. The number of hydrogen-bond acceptors (Lipinski definition) is 3. The molecule has 0 aliphatic rings. The zero-order valence-corrected chi connectivity index (χ0v) is 15.9. The third kappa shape index (κ3) is 6.14. The number of allylic oxidation sites excluding steroid dienone is 1. The molecule has 0 spiro atoms. The van der Waals surface area contributed by atoms with Gasteiger partial charge >= 0.3 is 0 Å². The molecule has 0 radical (unpaired) electrons. The lowest BCUT2D eigenvalue weighted by atomic mass is 10.1. The lowest BCUT2D eigenvalue weighted by molar-refractivity contribution is -0.117. The normalized spacial score (nSPS) is 11.2. The topological polar surface area (TPSA) is 76.0 Å². The van der Waals surface area contributed by atoms with Crippen molar-refractivity contribution in [3.63, 3.8) is 0 Å². The molecule has 0 aliphatic heterocycles. The van der Waals surface area contributed by atoms with Gasteiger partial charge in [-0.05, 0) is 54.0 Å². The number of aromatic nitrogens is 2. The van der Waals surface area contributed by atoms with E-state index in [1.165, 1.54) is 22.9 Å². The van der Waals surface area contributed by atoms with Crippen LogP contribution in [0.2, 0.25) is 0 Å². The van der Waals surface area contributed by atoms with E-state index in [0.29, 0.717) is 12.2 Å². The summed E-state index contributed by atoms with van der Waals surface area (Å²) in [6, 6.07) is 15.0. The van der Waals surface area contributed by atoms with E-state index in [1.54, 1.807) is 49.6 Å². The largest absolute Gasteiger partial charge is 0.348 e. The van der Waals surface area contributed by atoms with Crippen LogP contribution in [-0.4, -0.2) is 21.6 Å². The van der Waals surface area contributed by atoms with Gasteiger partial charge < -0.3 is 10.6 Å². The number of anilines is 1. The lowest BCUT2D eigenvalue weighted by Crippen LogP contribution is -2.21. The Labute approximate surface area is 168 Å². The molecule has 0 fully saturated rings. The molecule has 3 rings (SSSR count). The molecule has 0 unspecified atom stereocenters. The summed E-state index contributed by atoms with van der Waals surface area (Å²) in [5.74, 6) is -0.754. The quantitative estimate of drug-likeness (QED) is 0.605. The Morgan fingerprint density at radius 1 is 1.14 bits per heavy atom. The van der Waals surface area contributed by atoms with E-state index in [0.717, 1.165) is 16.7 Å². The summed E-state index contributed by atoms with van der Waals surface area (Å²) in [5, 5.41) is 9.62. The Bertz CT molecular complexity index is 1010. The summed E-state index contributed by atoms with van der Waals surface area (Å²) >= 11 is 0. The van der Waals surface area contributed by atoms with Gasteiger partial charge in [0.1, 0.15) is 12.4 Å². The molecule has 1 aromatic heterocycles. The maximum atomic E-state index is 13.0. The third-order valence-electron chi connectivity index (χ3n) is 4.19. The molecule has 2 aromatic carbocycles. The summed E-state index contributed by atoms with van der Waals surface area (Å²) in [6.45, 7) is 2.24. The predicted octanol–water partition coefficient (Wildman–Crippen LogP) is 3.38. The van der Waals surface area contributed by atoms with Gasteiger partial charge in [-0.1, -0.05) is 24.3 Å². The molecule has 6 nitrogen and oxygen atoms in total. The molecular formula is C22H21FN4O2. The van der Waals surface area contributed by atoms with E-state index in [-0.39, 0.29) is 24.2 Å². The minimum atomic E-state index is -0.317. The highest BCUT2D eigenvalue weighted by molar-refractivity contribution is 5.94. The van der Waals surface area contributed by atoms with Gasteiger partial charge in [0.25, 0.3) is 0 Å². The number of rotatable bonds is 7. The van der Waals surface area contributed by atoms with Gasteiger partial charge in [-0.3, -0.25) is 14.3 Å².